The zero-order valence-electron chi connectivity index (χ0n) is 9.60. The molecule has 2 aromatic rings. The van der Waals surface area contributed by atoms with Crippen LogP contribution in [0.15, 0.2) is 42.5 Å². The van der Waals surface area contributed by atoms with Crippen molar-refractivity contribution in [2.24, 2.45) is 5.73 Å². The maximum atomic E-state index is 13.2. The van der Waals surface area contributed by atoms with Crippen molar-refractivity contribution in [3.05, 3.63) is 59.4 Å². The van der Waals surface area contributed by atoms with Gasteiger partial charge in [0, 0.05) is 0 Å². The molecule has 1 atom stereocenters. The number of fused-ring (bicyclic) bond motifs is 1. The van der Waals surface area contributed by atoms with Gasteiger partial charge in [-0.2, -0.15) is 0 Å². The molecule has 0 fully saturated rings. The van der Waals surface area contributed by atoms with Gasteiger partial charge in [0.05, 0.1) is 6.04 Å². The first-order valence-corrected chi connectivity index (χ1v) is 5.64. The molecule has 0 aliphatic carbocycles. The van der Waals surface area contributed by atoms with Crippen molar-refractivity contribution in [2.45, 2.75) is 6.04 Å². The van der Waals surface area contributed by atoms with Crippen molar-refractivity contribution in [2.75, 3.05) is 6.79 Å². The van der Waals surface area contributed by atoms with Gasteiger partial charge in [-0.25, -0.2) is 4.39 Å². The molecule has 1 heterocycles. The van der Waals surface area contributed by atoms with E-state index >= 15 is 0 Å². The van der Waals surface area contributed by atoms with Crippen LogP contribution in [-0.4, -0.2) is 6.79 Å². The lowest BCUT2D eigenvalue weighted by Crippen LogP contribution is -2.11. The topological polar surface area (TPSA) is 44.5 Å². The second kappa shape index (κ2) is 4.31. The minimum atomic E-state index is -0.379. The Morgan fingerprint density at radius 1 is 1.00 bits per heavy atom. The minimum Gasteiger partial charge on any atom is -0.454 e. The number of benzene rings is 2. The molecular formula is C14H12FNO2. The summed E-state index contributed by atoms with van der Waals surface area (Å²) in [6, 6.07) is 11.4. The number of rotatable bonds is 2. The molecule has 0 spiro atoms. The first kappa shape index (κ1) is 11.0. The largest absolute Gasteiger partial charge is 0.454 e. The third-order valence-corrected chi connectivity index (χ3v) is 2.96. The van der Waals surface area contributed by atoms with E-state index < -0.39 is 0 Å². The van der Waals surface area contributed by atoms with Gasteiger partial charge in [-0.1, -0.05) is 18.2 Å². The van der Waals surface area contributed by atoms with E-state index in [4.69, 9.17) is 15.2 Å². The lowest BCUT2D eigenvalue weighted by Gasteiger charge is -2.13. The summed E-state index contributed by atoms with van der Waals surface area (Å²) >= 11 is 0. The lowest BCUT2D eigenvalue weighted by atomic mass is 9.99. The molecule has 1 unspecified atom stereocenters. The van der Waals surface area contributed by atoms with Crippen molar-refractivity contribution in [1.29, 1.82) is 0 Å². The van der Waals surface area contributed by atoms with Gasteiger partial charge in [0.2, 0.25) is 6.79 Å². The summed E-state index contributed by atoms with van der Waals surface area (Å²) in [7, 11) is 0. The van der Waals surface area contributed by atoms with Gasteiger partial charge in [0.15, 0.2) is 11.5 Å². The summed E-state index contributed by atoms with van der Waals surface area (Å²) in [5, 5.41) is 0. The van der Waals surface area contributed by atoms with E-state index in [9.17, 15) is 4.39 Å². The number of nitrogens with two attached hydrogens (primary N) is 1. The van der Waals surface area contributed by atoms with Crippen LogP contribution in [0.2, 0.25) is 0 Å². The second-order valence-corrected chi connectivity index (χ2v) is 4.15. The molecular weight excluding hydrogens is 233 g/mol. The smallest absolute Gasteiger partial charge is 0.231 e. The molecule has 3 rings (SSSR count). The Kier molecular flexibility index (Phi) is 2.64. The average molecular weight is 245 g/mol. The molecule has 2 N–H and O–H groups in total. The summed E-state index contributed by atoms with van der Waals surface area (Å²) in [5.74, 6) is 1.10. The molecule has 0 saturated carbocycles. The maximum Gasteiger partial charge on any atom is 0.231 e. The van der Waals surface area contributed by atoms with Crippen molar-refractivity contribution in [1.82, 2.24) is 0 Å². The third-order valence-electron chi connectivity index (χ3n) is 2.96. The fraction of sp³-hybridized carbons (Fsp3) is 0.143. The predicted octanol–water partition coefficient (Wildman–Crippen LogP) is 2.60. The van der Waals surface area contributed by atoms with Gasteiger partial charge in [0.25, 0.3) is 0 Å². The zero-order chi connectivity index (χ0) is 12.5. The van der Waals surface area contributed by atoms with Gasteiger partial charge in [-0.05, 0) is 35.4 Å². The lowest BCUT2D eigenvalue weighted by molar-refractivity contribution is 0.174. The number of ether oxygens (including phenoxy) is 2. The average Bonchev–Trinajstić information content (AvgIpc) is 2.85. The van der Waals surface area contributed by atoms with Crippen LogP contribution in [0.5, 0.6) is 11.5 Å². The Labute approximate surface area is 104 Å². The Balaban J connectivity index is 1.95. The van der Waals surface area contributed by atoms with Crippen LogP contribution in [0, 0.1) is 5.82 Å². The van der Waals surface area contributed by atoms with E-state index in [0.717, 1.165) is 11.1 Å². The molecule has 3 nitrogen and oxygen atoms in total. The number of hydrogen-bond acceptors (Lipinski definition) is 3. The van der Waals surface area contributed by atoms with E-state index in [2.05, 4.69) is 0 Å². The Hall–Kier alpha value is -2.07. The van der Waals surface area contributed by atoms with Gasteiger partial charge < -0.3 is 15.2 Å². The number of halogens is 1. The van der Waals surface area contributed by atoms with Crippen LogP contribution in [0.25, 0.3) is 0 Å². The quantitative estimate of drug-likeness (QED) is 0.884. The van der Waals surface area contributed by atoms with Gasteiger partial charge in [-0.3, -0.25) is 0 Å². The highest BCUT2D eigenvalue weighted by Crippen LogP contribution is 2.34. The molecule has 92 valence electrons. The molecule has 0 aromatic heterocycles. The summed E-state index contributed by atoms with van der Waals surface area (Å²) in [6.07, 6.45) is 0. The van der Waals surface area contributed by atoms with Crippen molar-refractivity contribution in [3.8, 4) is 11.5 Å². The summed E-state index contributed by atoms with van der Waals surface area (Å²) < 4.78 is 23.7. The summed E-state index contributed by atoms with van der Waals surface area (Å²) in [5.41, 5.74) is 7.71. The highest BCUT2D eigenvalue weighted by Gasteiger charge is 2.17. The van der Waals surface area contributed by atoms with Crippen molar-refractivity contribution < 1.29 is 13.9 Å². The van der Waals surface area contributed by atoms with Crippen molar-refractivity contribution >= 4 is 0 Å². The standard InChI is InChI=1S/C14H12FNO2/c15-11-3-1-2-9(6-11)14(16)10-4-5-12-13(7-10)18-8-17-12/h1-7,14H,8,16H2. The Morgan fingerprint density at radius 2 is 1.78 bits per heavy atom. The second-order valence-electron chi connectivity index (χ2n) is 4.15. The fourth-order valence-corrected chi connectivity index (χ4v) is 2.00. The normalized spacial score (nSPS) is 14.6. The van der Waals surface area contributed by atoms with Crippen molar-refractivity contribution in [3.63, 3.8) is 0 Å². The third kappa shape index (κ3) is 1.91. The van der Waals surface area contributed by atoms with Crippen LogP contribution >= 0.6 is 0 Å². The number of hydrogen-bond donors (Lipinski definition) is 1. The molecule has 2 aromatic carbocycles. The van der Waals surface area contributed by atoms with Gasteiger partial charge >= 0.3 is 0 Å². The van der Waals surface area contributed by atoms with E-state index in [1.54, 1.807) is 12.1 Å². The SMILES string of the molecule is NC(c1cccc(F)c1)c1ccc2c(c1)OCO2. The summed E-state index contributed by atoms with van der Waals surface area (Å²) in [6.45, 7) is 0.230. The molecule has 0 bridgehead atoms. The van der Waals surface area contributed by atoms with Crippen LogP contribution in [0.3, 0.4) is 0 Å². The molecule has 1 aliphatic heterocycles. The highest BCUT2D eigenvalue weighted by atomic mass is 19.1. The first-order valence-electron chi connectivity index (χ1n) is 5.64. The molecule has 0 saturated heterocycles. The molecule has 0 radical (unpaired) electrons. The monoisotopic (exact) mass is 245 g/mol. The van der Waals surface area contributed by atoms with Crippen LogP contribution in [0.1, 0.15) is 17.2 Å². The van der Waals surface area contributed by atoms with Gasteiger partial charge in [-0.15, -0.1) is 0 Å². The zero-order valence-corrected chi connectivity index (χ0v) is 9.60. The minimum absolute atomic E-state index is 0.230. The Morgan fingerprint density at radius 3 is 2.61 bits per heavy atom. The Bertz CT molecular complexity index is 586. The first-order chi connectivity index (χ1) is 8.74. The maximum absolute atomic E-state index is 13.2. The molecule has 0 amide bonds. The van der Waals surface area contributed by atoms with Crippen LogP contribution in [-0.2, 0) is 0 Å². The van der Waals surface area contributed by atoms with E-state index in [1.165, 1.54) is 12.1 Å². The van der Waals surface area contributed by atoms with E-state index in [0.29, 0.717) is 11.5 Å². The fourth-order valence-electron chi connectivity index (χ4n) is 2.00. The van der Waals surface area contributed by atoms with Gasteiger partial charge in [0.1, 0.15) is 5.82 Å². The predicted molar refractivity (Wildman–Crippen MR) is 65.0 cm³/mol. The molecule has 18 heavy (non-hydrogen) atoms. The molecule has 1 aliphatic rings. The van der Waals surface area contributed by atoms with E-state index in [-0.39, 0.29) is 18.7 Å². The van der Waals surface area contributed by atoms with E-state index in [1.807, 2.05) is 18.2 Å². The van der Waals surface area contributed by atoms with Crippen LogP contribution < -0.4 is 15.2 Å². The summed E-state index contributed by atoms with van der Waals surface area (Å²) in [4.78, 5) is 0. The molecule has 4 heteroatoms. The van der Waals surface area contributed by atoms with Crippen LogP contribution in [0.4, 0.5) is 4.39 Å². The highest BCUT2D eigenvalue weighted by molar-refractivity contribution is 5.47.